The summed E-state index contributed by atoms with van der Waals surface area (Å²) < 4.78 is 46.7. The summed E-state index contributed by atoms with van der Waals surface area (Å²) in [5.74, 6) is -0.430. The standard InChI is InChI=1S/C9H18ClNO4S2/c10-16(12,13)8-5-9-17(14,15)11-6-3-1-2-4-7-11/h1-9H2. The second-order valence-corrected chi connectivity index (χ2v) is 9.21. The van der Waals surface area contributed by atoms with E-state index in [0.717, 1.165) is 25.7 Å². The lowest BCUT2D eigenvalue weighted by Crippen LogP contribution is -2.34. The molecule has 0 aliphatic carbocycles. The molecule has 5 nitrogen and oxygen atoms in total. The molecule has 1 rings (SSSR count). The first-order chi connectivity index (χ1) is 7.81. The van der Waals surface area contributed by atoms with Crippen molar-refractivity contribution in [2.24, 2.45) is 0 Å². The molecule has 1 saturated heterocycles. The molecule has 0 N–H and O–H groups in total. The largest absolute Gasteiger partial charge is 0.232 e. The zero-order valence-electron chi connectivity index (χ0n) is 9.64. The van der Waals surface area contributed by atoms with Gasteiger partial charge in [-0.3, -0.25) is 0 Å². The number of hydrogen-bond donors (Lipinski definition) is 0. The molecule has 0 atom stereocenters. The van der Waals surface area contributed by atoms with Crippen molar-refractivity contribution in [3.05, 3.63) is 0 Å². The number of halogens is 1. The van der Waals surface area contributed by atoms with Gasteiger partial charge in [-0.2, -0.15) is 0 Å². The Balaban J connectivity index is 2.49. The molecular formula is C9H18ClNO4S2. The fraction of sp³-hybridized carbons (Fsp3) is 1.00. The number of sulfonamides is 1. The third-order valence-corrected chi connectivity index (χ3v) is 5.94. The van der Waals surface area contributed by atoms with Crippen LogP contribution in [0.15, 0.2) is 0 Å². The third-order valence-electron chi connectivity index (χ3n) is 2.75. The van der Waals surface area contributed by atoms with Gasteiger partial charge in [0.05, 0.1) is 11.5 Å². The van der Waals surface area contributed by atoms with E-state index in [1.165, 1.54) is 4.31 Å². The Morgan fingerprint density at radius 2 is 1.41 bits per heavy atom. The second-order valence-electron chi connectivity index (χ2n) is 4.23. The van der Waals surface area contributed by atoms with E-state index in [2.05, 4.69) is 0 Å². The molecule has 0 aromatic carbocycles. The minimum atomic E-state index is -3.60. The van der Waals surface area contributed by atoms with Crippen LogP contribution in [0, 0.1) is 0 Å². The molecule has 0 unspecified atom stereocenters. The quantitative estimate of drug-likeness (QED) is 0.714. The van der Waals surface area contributed by atoms with E-state index in [-0.39, 0.29) is 17.9 Å². The van der Waals surface area contributed by atoms with Crippen molar-refractivity contribution < 1.29 is 16.8 Å². The van der Waals surface area contributed by atoms with Crippen LogP contribution in [0.1, 0.15) is 32.1 Å². The molecule has 0 amide bonds. The minimum Gasteiger partial charge on any atom is -0.212 e. The molecule has 102 valence electrons. The molecular weight excluding hydrogens is 286 g/mol. The highest BCUT2D eigenvalue weighted by Gasteiger charge is 2.23. The van der Waals surface area contributed by atoms with Crippen LogP contribution >= 0.6 is 10.7 Å². The average molecular weight is 304 g/mol. The molecule has 1 aliphatic heterocycles. The highest BCUT2D eigenvalue weighted by molar-refractivity contribution is 8.13. The van der Waals surface area contributed by atoms with Gasteiger partial charge in [0.1, 0.15) is 0 Å². The molecule has 0 saturated carbocycles. The highest BCUT2D eigenvalue weighted by atomic mass is 35.7. The van der Waals surface area contributed by atoms with Crippen LogP contribution in [0.3, 0.4) is 0 Å². The molecule has 1 heterocycles. The summed E-state index contributed by atoms with van der Waals surface area (Å²) >= 11 is 0. The monoisotopic (exact) mass is 303 g/mol. The fourth-order valence-electron chi connectivity index (χ4n) is 1.86. The number of nitrogens with zero attached hydrogens (tertiary/aromatic N) is 1. The summed E-state index contributed by atoms with van der Waals surface area (Å²) in [5.41, 5.74) is 0. The van der Waals surface area contributed by atoms with Crippen LogP contribution in [0.4, 0.5) is 0 Å². The lowest BCUT2D eigenvalue weighted by Gasteiger charge is -2.19. The molecule has 1 fully saturated rings. The summed E-state index contributed by atoms with van der Waals surface area (Å²) in [7, 11) is -1.88. The molecule has 17 heavy (non-hydrogen) atoms. The summed E-state index contributed by atoms with van der Waals surface area (Å²) in [6, 6.07) is 0. The van der Waals surface area contributed by atoms with E-state index in [0.29, 0.717) is 13.1 Å². The maximum Gasteiger partial charge on any atom is 0.232 e. The first kappa shape index (κ1) is 15.2. The van der Waals surface area contributed by atoms with E-state index >= 15 is 0 Å². The summed E-state index contributed by atoms with van der Waals surface area (Å²) in [4.78, 5) is 0. The zero-order valence-corrected chi connectivity index (χ0v) is 12.0. The van der Waals surface area contributed by atoms with E-state index in [1.54, 1.807) is 0 Å². The Bertz CT molecular complexity index is 424. The van der Waals surface area contributed by atoms with Crippen molar-refractivity contribution in [3.8, 4) is 0 Å². The number of rotatable bonds is 5. The van der Waals surface area contributed by atoms with Crippen molar-refractivity contribution >= 4 is 29.8 Å². The predicted molar refractivity (Wildman–Crippen MR) is 68.1 cm³/mol. The van der Waals surface area contributed by atoms with E-state index in [9.17, 15) is 16.8 Å². The summed E-state index contributed by atoms with van der Waals surface area (Å²) in [5, 5.41) is 0. The van der Waals surface area contributed by atoms with Crippen molar-refractivity contribution in [2.45, 2.75) is 32.1 Å². The van der Waals surface area contributed by atoms with E-state index < -0.39 is 19.1 Å². The van der Waals surface area contributed by atoms with E-state index in [4.69, 9.17) is 10.7 Å². The maximum absolute atomic E-state index is 11.9. The van der Waals surface area contributed by atoms with Gasteiger partial charge in [0, 0.05) is 23.8 Å². The van der Waals surface area contributed by atoms with Gasteiger partial charge in [0.2, 0.25) is 19.1 Å². The van der Waals surface area contributed by atoms with Gasteiger partial charge in [0.25, 0.3) is 0 Å². The smallest absolute Gasteiger partial charge is 0.212 e. The lowest BCUT2D eigenvalue weighted by molar-refractivity contribution is 0.423. The van der Waals surface area contributed by atoms with Crippen LogP contribution in [0.5, 0.6) is 0 Å². The van der Waals surface area contributed by atoms with Gasteiger partial charge in [-0.05, 0) is 19.3 Å². The molecule has 0 bridgehead atoms. The maximum atomic E-state index is 11.9. The molecule has 0 aromatic rings. The number of hydrogen-bond acceptors (Lipinski definition) is 4. The van der Waals surface area contributed by atoms with Crippen LogP contribution in [-0.4, -0.2) is 45.7 Å². The Hall–Kier alpha value is 0.150. The average Bonchev–Trinajstić information content (AvgIpc) is 2.43. The van der Waals surface area contributed by atoms with Gasteiger partial charge in [-0.15, -0.1) is 0 Å². The second kappa shape index (κ2) is 6.36. The molecule has 0 spiro atoms. The predicted octanol–water partition coefficient (Wildman–Crippen LogP) is 1.15. The van der Waals surface area contributed by atoms with Gasteiger partial charge in [-0.1, -0.05) is 12.8 Å². The Morgan fingerprint density at radius 3 is 1.88 bits per heavy atom. The van der Waals surface area contributed by atoms with Crippen LogP contribution in [0.25, 0.3) is 0 Å². The molecule has 0 aromatic heterocycles. The van der Waals surface area contributed by atoms with Crippen molar-refractivity contribution in [2.75, 3.05) is 24.6 Å². The lowest BCUT2D eigenvalue weighted by atomic mass is 10.2. The van der Waals surface area contributed by atoms with Gasteiger partial charge < -0.3 is 0 Å². The first-order valence-electron chi connectivity index (χ1n) is 5.71. The Labute approximate surface area is 108 Å². The summed E-state index contributed by atoms with van der Waals surface area (Å²) in [6.07, 6.45) is 3.94. The first-order valence-corrected chi connectivity index (χ1v) is 9.80. The SMILES string of the molecule is O=S(=O)(Cl)CCCS(=O)(=O)N1CCCCCC1. The van der Waals surface area contributed by atoms with Gasteiger partial charge in [-0.25, -0.2) is 21.1 Å². The molecule has 8 heteroatoms. The summed E-state index contributed by atoms with van der Waals surface area (Å²) in [6.45, 7) is 1.10. The van der Waals surface area contributed by atoms with Crippen LogP contribution < -0.4 is 0 Å². The third kappa shape index (κ3) is 6.03. The Morgan fingerprint density at radius 1 is 0.882 bits per heavy atom. The topological polar surface area (TPSA) is 71.5 Å². The molecule has 0 radical (unpaired) electrons. The van der Waals surface area contributed by atoms with Crippen molar-refractivity contribution in [3.63, 3.8) is 0 Å². The van der Waals surface area contributed by atoms with Crippen molar-refractivity contribution in [1.29, 1.82) is 0 Å². The fourth-order valence-corrected chi connectivity index (χ4v) is 4.44. The van der Waals surface area contributed by atoms with Crippen LogP contribution in [-0.2, 0) is 19.1 Å². The van der Waals surface area contributed by atoms with Gasteiger partial charge >= 0.3 is 0 Å². The van der Waals surface area contributed by atoms with E-state index in [1.807, 2.05) is 0 Å². The minimum absolute atomic E-state index is 0.0602. The van der Waals surface area contributed by atoms with Crippen molar-refractivity contribution in [1.82, 2.24) is 4.31 Å². The Kier molecular flexibility index (Phi) is 5.69. The van der Waals surface area contributed by atoms with Crippen LogP contribution in [0.2, 0.25) is 0 Å². The van der Waals surface area contributed by atoms with Gasteiger partial charge in [0.15, 0.2) is 0 Å². The zero-order chi connectivity index (χ0) is 12.9. The molecule has 1 aliphatic rings. The highest BCUT2D eigenvalue weighted by Crippen LogP contribution is 2.14. The normalized spacial score (nSPS) is 20.1.